The first-order valence-electron chi connectivity index (χ1n) is 5.23. The fourth-order valence-electron chi connectivity index (χ4n) is 1.46. The van der Waals surface area contributed by atoms with E-state index >= 15 is 0 Å². The normalized spacial score (nSPS) is 10.6. The van der Waals surface area contributed by atoms with Crippen molar-refractivity contribution < 1.29 is 4.79 Å². The molecule has 1 heterocycles. The zero-order valence-corrected chi connectivity index (χ0v) is 9.08. The van der Waals surface area contributed by atoms with Gasteiger partial charge in [0.2, 0.25) is 5.91 Å². The maximum Gasteiger partial charge on any atom is 0.238 e. The summed E-state index contributed by atoms with van der Waals surface area (Å²) in [6.07, 6.45) is 1.75. The van der Waals surface area contributed by atoms with E-state index in [0.29, 0.717) is 6.54 Å². The lowest BCUT2D eigenvalue weighted by Crippen LogP contribution is -2.27. The van der Waals surface area contributed by atoms with Crippen LogP contribution in [0.3, 0.4) is 0 Å². The molecule has 0 fully saturated rings. The highest BCUT2D eigenvalue weighted by Gasteiger charge is 2.02. The minimum Gasteiger partial charge on any atom is -0.325 e. The lowest BCUT2D eigenvalue weighted by Gasteiger charge is -2.05. The van der Waals surface area contributed by atoms with Gasteiger partial charge in [0.1, 0.15) is 0 Å². The highest BCUT2D eigenvalue weighted by Crippen LogP contribution is 2.16. The van der Waals surface area contributed by atoms with Crippen molar-refractivity contribution in [1.29, 1.82) is 0 Å². The number of rotatable bonds is 4. The summed E-state index contributed by atoms with van der Waals surface area (Å²) in [6, 6.07) is 5.65. The highest BCUT2D eigenvalue weighted by atomic mass is 16.1. The van der Waals surface area contributed by atoms with Crippen molar-refractivity contribution in [1.82, 2.24) is 15.5 Å². The number of H-pyrrole nitrogens is 1. The number of hydrogen-bond acceptors (Lipinski definition) is 3. The number of amides is 1. The topological polar surface area (TPSA) is 69.8 Å². The van der Waals surface area contributed by atoms with E-state index in [0.717, 1.165) is 23.1 Å². The standard InChI is InChI=1S/C11H14N4O/c1-2-12-7-11(16)14-9-4-3-8-6-13-15-10(8)5-9/h3-6,12H,2,7H2,1H3,(H,13,15)(H,14,16). The van der Waals surface area contributed by atoms with Crippen molar-refractivity contribution in [3.8, 4) is 0 Å². The van der Waals surface area contributed by atoms with E-state index < -0.39 is 0 Å². The second kappa shape index (κ2) is 4.76. The van der Waals surface area contributed by atoms with E-state index in [1.165, 1.54) is 0 Å². The number of carbonyl (C=O) groups excluding carboxylic acids is 1. The summed E-state index contributed by atoms with van der Waals surface area (Å²) in [5.74, 6) is -0.0410. The van der Waals surface area contributed by atoms with Gasteiger partial charge in [-0.3, -0.25) is 9.89 Å². The summed E-state index contributed by atoms with van der Waals surface area (Å²) in [5, 5.41) is 13.6. The van der Waals surface area contributed by atoms with Crippen LogP contribution in [0.1, 0.15) is 6.92 Å². The average Bonchev–Trinajstić information content (AvgIpc) is 2.73. The van der Waals surface area contributed by atoms with Crippen LogP contribution in [0, 0.1) is 0 Å². The Bertz CT molecular complexity index is 491. The van der Waals surface area contributed by atoms with Gasteiger partial charge in [0, 0.05) is 11.1 Å². The number of nitrogens with zero attached hydrogens (tertiary/aromatic N) is 1. The second-order valence-electron chi connectivity index (χ2n) is 3.50. The van der Waals surface area contributed by atoms with Crippen LogP contribution in [0.4, 0.5) is 5.69 Å². The summed E-state index contributed by atoms with van der Waals surface area (Å²) >= 11 is 0. The Labute approximate surface area is 93.2 Å². The van der Waals surface area contributed by atoms with Gasteiger partial charge in [-0.1, -0.05) is 6.92 Å². The van der Waals surface area contributed by atoms with Crippen LogP contribution in [0.25, 0.3) is 10.9 Å². The fourth-order valence-corrected chi connectivity index (χ4v) is 1.46. The number of fused-ring (bicyclic) bond motifs is 1. The highest BCUT2D eigenvalue weighted by molar-refractivity contribution is 5.94. The number of benzene rings is 1. The van der Waals surface area contributed by atoms with Gasteiger partial charge in [0.15, 0.2) is 0 Å². The Hall–Kier alpha value is -1.88. The minimum atomic E-state index is -0.0410. The third-order valence-electron chi connectivity index (χ3n) is 2.26. The molecule has 5 heteroatoms. The molecule has 16 heavy (non-hydrogen) atoms. The zero-order chi connectivity index (χ0) is 11.4. The van der Waals surface area contributed by atoms with Gasteiger partial charge >= 0.3 is 0 Å². The Balaban J connectivity index is 2.06. The first kappa shape index (κ1) is 10.6. The smallest absolute Gasteiger partial charge is 0.238 e. The summed E-state index contributed by atoms with van der Waals surface area (Å²) in [5.41, 5.74) is 1.70. The third kappa shape index (κ3) is 2.38. The number of carbonyl (C=O) groups is 1. The molecule has 0 unspecified atom stereocenters. The lowest BCUT2D eigenvalue weighted by atomic mass is 10.2. The molecule has 0 saturated carbocycles. The summed E-state index contributed by atoms with van der Waals surface area (Å²) < 4.78 is 0. The minimum absolute atomic E-state index is 0.0410. The number of aromatic amines is 1. The van der Waals surface area contributed by atoms with Gasteiger partial charge in [0.25, 0.3) is 0 Å². The molecule has 0 bridgehead atoms. The molecule has 0 atom stereocenters. The number of aromatic nitrogens is 2. The molecule has 0 aliphatic heterocycles. The molecule has 0 aliphatic rings. The maximum atomic E-state index is 11.4. The van der Waals surface area contributed by atoms with Crippen molar-refractivity contribution in [2.45, 2.75) is 6.92 Å². The molecule has 1 aromatic heterocycles. The monoisotopic (exact) mass is 218 g/mol. The fraction of sp³-hybridized carbons (Fsp3) is 0.273. The summed E-state index contributed by atoms with van der Waals surface area (Å²) in [6.45, 7) is 3.08. The van der Waals surface area contributed by atoms with Crippen LogP contribution in [0.5, 0.6) is 0 Å². The van der Waals surface area contributed by atoms with Crippen LogP contribution in [0.15, 0.2) is 24.4 Å². The molecule has 0 saturated heterocycles. The third-order valence-corrected chi connectivity index (χ3v) is 2.26. The molecule has 1 aromatic carbocycles. The van der Waals surface area contributed by atoms with Crippen LogP contribution in [-0.2, 0) is 4.79 Å². The van der Waals surface area contributed by atoms with Gasteiger partial charge in [-0.2, -0.15) is 5.10 Å². The quantitative estimate of drug-likeness (QED) is 0.720. The van der Waals surface area contributed by atoms with E-state index in [9.17, 15) is 4.79 Å². The second-order valence-corrected chi connectivity index (χ2v) is 3.50. The van der Waals surface area contributed by atoms with Gasteiger partial charge in [-0.05, 0) is 24.7 Å². The molecule has 1 amide bonds. The molecule has 0 spiro atoms. The van der Waals surface area contributed by atoms with Crippen LogP contribution < -0.4 is 10.6 Å². The largest absolute Gasteiger partial charge is 0.325 e. The molecular formula is C11H14N4O. The maximum absolute atomic E-state index is 11.4. The molecule has 0 aliphatic carbocycles. The van der Waals surface area contributed by atoms with Gasteiger partial charge in [-0.15, -0.1) is 0 Å². The van der Waals surface area contributed by atoms with Crippen molar-refractivity contribution in [3.05, 3.63) is 24.4 Å². The molecule has 2 rings (SSSR count). The molecule has 84 valence electrons. The lowest BCUT2D eigenvalue weighted by molar-refractivity contribution is -0.115. The van der Waals surface area contributed by atoms with Crippen LogP contribution in [-0.4, -0.2) is 29.2 Å². The predicted molar refractivity (Wildman–Crippen MR) is 63.3 cm³/mol. The average molecular weight is 218 g/mol. The molecule has 5 nitrogen and oxygen atoms in total. The summed E-state index contributed by atoms with van der Waals surface area (Å²) in [4.78, 5) is 11.4. The molecule has 0 radical (unpaired) electrons. The number of anilines is 1. The Kier molecular flexibility index (Phi) is 3.16. The van der Waals surface area contributed by atoms with Crippen LogP contribution >= 0.6 is 0 Å². The van der Waals surface area contributed by atoms with Gasteiger partial charge in [0.05, 0.1) is 18.3 Å². The van der Waals surface area contributed by atoms with Crippen molar-refractivity contribution in [2.75, 3.05) is 18.4 Å². The molecular weight excluding hydrogens is 204 g/mol. The van der Waals surface area contributed by atoms with Crippen molar-refractivity contribution in [2.24, 2.45) is 0 Å². The SMILES string of the molecule is CCNCC(=O)Nc1ccc2cn[nH]c2c1. The number of nitrogens with one attached hydrogen (secondary N) is 3. The Morgan fingerprint density at radius 3 is 3.19 bits per heavy atom. The van der Waals surface area contributed by atoms with Crippen molar-refractivity contribution in [3.63, 3.8) is 0 Å². The summed E-state index contributed by atoms with van der Waals surface area (Å²) in [7, 11) is 0. The van der Waals surface area contributed by atoms with E-state index in [4.69, 9.17) is 0 Å². The predicted octanol–water partition coefficient (Wildman–Crippen LogP) is 1.11. The van der Waals surface area contributed by atoms with E-state index in [2.05, 4.69) is 20.8 Å². The van der Waals surface area contributed by atoms with Gasteiger partial charge < -0.3 is 10.6 Å². The first-order chi connectivity index (χ1) is 7.79. The van der Waals surface area contributed by atoms with E-state index in [-0.39, 0.29) is 5.91 Å². The zero-order valence-electron chi connectivity index (χ0n) is 9.08. The van der Waals surface area contributed by atoms with Crippen molar-refractivity contribution >= 4 is 22.5 Å². The van der Waals surface area contributed by atoms with E-state index in [1.807, 2.05) is 25.1 Å². The number of likely N-dealkylation sites (N-methyl/N-ethyl adjacent to an activating group) is 1. The number of hydrogen-bond donors (Lipinski definition) is 3. The molecule has 2 aromatic rings. The Morgan fingerprint density at radius 2 is 2.38 bits per heavy atom. The van der Waals surface area contributed by atoms with Crippen LogP contribution in [0.2, 0.25) is 0 Å². The van der Waals surface area contributed by atoms with E-state index in [1.54, 1.807) is 6.20 Å². The van der Waals surface area contributed by atoms with Gasteiger partial charge in [-0.25, -0.2) is 0 Å². The Morgan fingerprint density at radius 1 is 1.50 bits per heavy atom. The first-order valence-corrected chi connectivity index (χ1v) is 5.23. The molecule has 3 N–H and O–H groups in total.